The van der Waals surface area contributed by atoms with Crippen LogP contribution in [0.3, 0.4) is 0 Å². The van der Waals surface area contributed by atoms with Crippen molar-refractivity contribution in [1.82, 2.24) is 4.57 Å². The second-order valence-corrected chi connectivity index (χ2v) is 5.37. The molecule has 0 atom stereocenters. The first-order valence-electron chi connectivity index (χ1n) is 7.26. The van der Waals surface area contributed by atoms with Gasteiger partial charge in [-0.15, -0.1) is 0 Å². The number of rotatable bonds is 5. The Bertz CT molecular complexity index is 735. The normalized spacial score (nSPS) is 11.5. The number of halogens is 3. The van der Waals surface area contributed by atoms with E-state index in [2.05, 4.69) is 0 Å². The van der Waals surface area contributed by atoms with Crippen LogP contribution < -0.4 is 10.3 Å². The van der Waals surface area contributed by atoms with Gasteiger partial charge in [0, 0.05) is 12.7 Å². The zero-order valence-corrected chi connectivity index (χ0v) is 13.0. The standard InChI is InChI=1S/C17H18F3NO2/c1-12-6-7-14(11-13(12)2)23-10-4-9-21-8-3-5-15(16(21)22)17(18,19)20/h3,5-8,11H,4,9-10H2,1-2H3. The number of nitrogens with zero attached hydrogens (tertiary/aromatic N) is 1. The van der Waals surface area contributed by atoms with E-state index in [1.807, 2.05) is 32.0 Å². The van der Waals surface area contributed by atoms with Crippen LogP contribution in [-0.2, 0) is 12.7 Å². The average Bonchev–Trinajstić information content (AvgIpc) is 2.47. The van der Waals surface area contributed by atoms with Crippen molar-refractivity contribution >= 4 is 0 Å². The maximum atomic E-state index is 12.7. The number of aromatic nitrogens is 1. The minimum absolute atomic E-state index is 0.174. The van der Waals surface area contributed by atoms with E-state index in [4.69, 9.17) is 4.74 Å². The molecule has 0 fully saturated rings. The Hall–Kier alpha value is -2.24. The number of hydrogen-bond donors (Lipinski definition) is 0. The van der Waals surface area contributed by atoms with Gasteiger partial charge < -0.3 is 9.30 Å². The number of ether oxygens (including phenoxy) is 1. The van der Waals surface area contributed by atoms with Crippen molar-refractivity contribution in [3.05, 3.63) is 63.6 Å². The van der Waals surface area contributed by atoms with Crippen LogP contribution in [0.1, 0.15) is 23.1 Å². The van der Waals surface area contributed by atoms with Gasteiger partial charge in [-0.05, 0) is 55.7 Å². The van der Waals surface area contributed by atoms with Gasteiger partial charge in [0.2, 0.25) is 0 Å². The molecule has 0 saturated heterocycles. The number of benzene rings is 1. The van der Waals surface area contributed by atoms with Gasteiger partial charge in [-0.3, -0.25) is 4.79 Å². The van der Waals surface area contributed by atoms with Gasteiger partial charge >= 0.3 is 6.18 Å². The third-order valence-electron chi connectivity index (χ3n) is 3.62. The van der Waals surface area contributed by atoms with E-state index in [1.54, 1.807) is 0 Å². The van der Waals surface area contributed by atoms with Crippen molar-refractivity contribution in [2.24, 2.45) is 0 Å². The Morgan fingerprint density at radius 3 is 2.52 bits per heavy atom. The van der Waals surface area contributed by atoms with Gasteiger partial charge in [-0.1, -0.05) is 6.07 Å². The highest BCUT2D eigenvalue weighted by atomic mass is 19.4. The average molecular weight is 325 g/mol. The first-order chi connectivity index (χ1) is 10.8. The first kappa shape index (κ1) is 17.1. The number of aryl methyl sites for hydroxylation is 3. The second kappa shape index (κ2) is 6.89. The van der Waals surface area contributed by atoms with E-state index < -0.39 is 17.3 Å². The molecule has 1 aromatic carbocycles. The predicted octanol–water partition coefficient (Wildman–Crippen LogP) is 3.95. The summed E-state index contributed by atoms with van der Waals surface area (Å²) in [7, 11) is 0. The molecule has 0 aliphatic rings. The Kier molecular flexibility index (Phi) is 5.13. The summed E-state index contributed by atoms with van der Waals surface area (Å²) in [6.45, 7) is 4.47. The monoisotopic (exact) mass is 325 g/mol. The Morgan fingerprint density at radius 1 is 1.13 bits per heavy atom. The van der Waals surface area contributed by atoms with E-state index in [-0.39, 0.29) is 6.54 Å². The summed E-state index contributed by atoms with van der Waals surface area (Å²) >= 11 is 0. The topological polar surface area (TPSA) is 31.2 Å². The second-order valence-electron chi connectivity index (χ2n) is 5.37. The minimum Gasteiger partial charge on any atom is -0.494 e. The molecule has 0 bridgehead atoms. The molecule has 6 heteroatoms. The van der Waals surface area contributed by atoms with Crippen molar-refractivity contribution in [2.75, 3.05) is 6.61 Å². The summed E-state index contributed by atoms with van der Waals surface area (Å²) in [5.41, 5.74) is 0.103. The molecule has 0 spiro atoms. The molecule has 3 nitrogen and oxygen atoms in total. The maximum Gasteiger partial charge on any atom is 0.421 e. The van der Waals surface area contributed by atoms with Crippen LogP contribution in [0.15, 0.2) is 41.3 Å². The van der Waals surface area contributed by atoms with Gasteiger partial charge in [0.05, 0.1) is 6.61 Å². The third-order valence-corrected chi connectivity index (χ3v) is 3.62. The number of hydrogen-bond acceptors (Lipinski definition) is 2. The largest absolute Gasteiger partial charge is 0.494 e. The molecule has 0 N–H and O–H groups in total. The lowest BCUT2D eigenvalue weighted by molar-refractivity contribution is -0.139. The van der Waals surface area contributed by atoms with Gasteiger partial charge in [-0.2, -0.15) is 13.2 Å². The Balaban J connectivity index is 1.94. The zero-order chi connectivity index (χ0) is 17.0. The SMILES string of the molecule is Cc1ccc(OCCCn2cccc(C(F)(F)F)c2=O)cc1C. The molecule has 0 amide bonds. The van der Waals surface area contributed by atoms with Crippen LogP contribution >= 0.6 is 0 Å². The van der Waals surface area contributed by atoms with E-state index in [0.29, 0.717) is 18.8 Å². The van der Waals surface area contributed by atoms with Gasteiger partial charge in [0.1, 0.15) is 11.3 Å². The fraction of sp³-hybridized carbons (Fsp3) is 0.353. The minimum atomic E-state index is -4.63. The Morgan fingerprint density at radius 2 is 1.87 bits per heavy atom. The fourth-order valence-electron chi connectivity index (χ4n) is 2.16. The molecule has 0 radical (unpaired) electrons. The molecule has 124 valence electrons. The summed E-state index contributed by atoms with van der Waals surface area (Å²) in [5, 5.41) is 0. The van der Waals surface area contributed by atoms with Crippen LogP contribution in [0, 0.1) is 13.8 Å². The van der Waals surface area contributed by atoms with Crippen LogP contribution in [0.4, 0.5) is 13.2 Å². The van der Waals surface area contributed by atoms with E-state index in [0.717, 1.165) is 21.8 Å². The first-order valence-corrected chi connectivity index (χ1v) is 7.26. The number of pyridine rings is 1. The van der Waals surface area contributed by atoms with E-state index in [1.165, 1.54) is 12.3 Å². The van der Waals surface area contributed by atoms with Crippen molar-refractivity contribution in [1.29, 1.82) is 0 Å². The smallest absolute Gasteiger partial charge is 0.421 e. The van der Waals surface area contributed by atoms with Crippen LogP contribution in [0.2, 0.25) is 0 Å². The highest BCUT2D eigenvalue weighted by Crippen LogP contribution is 2.26. The zero-order valence-electron chi connectivity index (χ0n) is 13.0. The van der Waals surface area contributed by atoms with E-state index >= 15 is 0 Å². The lowest BCUT2D eigenvalue weighted by Crippen LogP contribution is -2.28. The van der Waals surface area contributed by atoms with E-state index in [9.17, 15) is 18.0 Å². The highest BCUT2D eigenvalue weighted by Gasteiger charge is 2.34. The fourth-order valence-corrected chi connectivity index (χ4v) is 2.16. The highest BCUT2D eigenvalue weighted by molar-refractivity contribution is 5.33. The molecule has 23 heavy (non-hydrogen) atoms. The number of alkyl halides is 3. The molecule has 1 heterocycles. The lowest BCUT2D eigenvalue weighted by Gasteiger charge is -2.11. The van der Waals surface area contributed by atoms with Crippen molar-refractivity contribution in [3.63, 3.8) is 0 Å². The molecular weight excluding hydrogens is 307 g/mol. The molecule has 1 aromatic heterocycles. The van der Waals surface area contributed by atoms with Gasteiger partial charge in [0.15, 0.2) is 0 Å². The summed E-state index contributed by atoms with van der Waals surface area (Å²) in [4.78, 5) is 11.8. The van der Waals surface area contributed by atoms with Crippen LogP contribution in [0.5, 0.6) is 5.75 Å². The molecule has 2 rings (SSSR count). The third kappa shape index (κ3) is 4.37. The summed E-state index contributed by atoms with van der Waals surface area (Å²) in [5.74, 6) is 0.712. The summed E-state index contributed by atoms with van der Waals surface area (Å²) < 4.78 is 44.6. The molecular formula is C17H18F3NO2. The van der Waals surface area contributed by atoms with Gasteiger partial charge in [0.25, 0.3) is 5.56 Å². The van der Waals surface area contributed by atoms with Crippen LogP contribution in [-0.4, -0.2) is 11.2 Å². The van der Waals surface area contributed by atoms with Crippen molar-refractivity contribution in [2.45, 2.75) is 33.0 Å². The molecule has 0 aliphatic carbocycles. The quantitative estimate of drug-likeness (QED) is 0.779. The molecule has 0 unspecified atom stereocenters. The van der Waals surface area contributed by atoms with Crippen molar-refractivity contribution in [3.8, 4) is 5.75 Å². The predicted molar refractivity (Wildman–Crippen MR) is 81.7 cm³/mol. The van der Waals surface area contributed by atoms with Crippen LogP contribution in [0.25, 0.3) is 0 Å². The Labute approximate surface area is 132 Å². The molecule has 0 aliphatic heterocycles. The van der Waals surface area contributed by atoms with Crippen molar-refractivity contribution < 1.29 is 17.9 Å². The lowest BCUT2D eigenvalue weighted by atomic mass is 10.1. The summed E-state index contributed by atoms with van der Waals surface area (Å²) in [6.07, 6.45) is -2.84. The van der Waals surface area contributed by atoms with Gasteiger partial charge in [-0.25, -0.2) is 0 Å². The summed E-state index contributed by atoms with van der Waals surface area (Å²) in [6, 6.07) is 7.73. The molecule has 2 aromatic rings. The maximum absolute atomic E-state index is 12.7. The molecule has 0 saturated carbocycles.